The summed E-state index contributed by atoms with van der Waals surface area (Å²) in [5.74, 6) is -0.139. The standard InChI is InChI=1S/C6H9FN2/c1-8-6-2-3-9-4-5(6)7/h2-3,8-9H,4H2,1H3. The monoisotopic (exact) mass is 128 g/mol. The van der Waals surface area contributed by atoms with E-state index in [2.05, 4.69) is 10.6 Å². The summed E-state index contributed by atoms with van der Waals surface area (Å²) < 4.78 is 12.6. The Morgan fingerprint density at radius 1 is 1.78 bits per heavy atom. The Bertz CT molecular complexity index is 160. The van der Waals surface area contributed by atoms with Gasteiger partial charge in [0.05, 0.1) is 12.2 Å². The highest BCUT2D eigenvalue weighted by molar-refractivity contribution is 5.23. The number of rotatable bonds is 1. The summed E-state index contributed by atoms with van der Waals surface area (Å²) in [4.78, 5) is 0. The topological polar surface area (TPSA) is 24.1 Å². The maximum Gasteiger partial charge on any atom is 0.142 e. The van der Waals surface area contributed by atoms with Gasteiger partial charge in [-0.15, -0.1) is 0 Å². The molecule has 1 aliphatic heterocycles. The number of hydrogen-bond acceptors (Lipinski definition) is 2. The zero-order valence-electron chi connectivity index (χ0n) is 5.24. The molecule has 2 N–H and O–H groups in total. The van der Waals surface area contributed by atoms with Gasteiger partial charge in [0.1, 0.15) is 5.83 Å². The van der Waals surface area contributed by atoms with Crippen LogP contribution in [0.3, 0.4) is 0 Å². The van der Waals surface area contributed by atoms with E-state index in [0.29, 0.717) is 12.2 Å². The van der Waals surface area contributed by atoms with Crippen LogP contribution < -0.4 is 10.6 Å². The Morgan fingerprint density at radius 2 is 2.56 bits per heavy atom. The summed E-state index contributed by atoms with van der Waals surface area (Å²) in [5, 5.41) is 5.48. The third kappa shape index (κ3) is 1.22. The third-order valence-corrected chi connectivity index (χ3v) is 1.19. The quantitative estimate of drug-likeness (QED) is 0.537. The minimum absolute atomic E-state index is 0.139. The van der Waals surface area contributed by atoms with Crippen molar-refractivity contribution >= 4 is 0 Å². The van der Waals surface area contributed by atoms with E-state index in [1.54, 1.807) is 19.3 Å². The van der Waals surface area contributed by atoms with Crippen LogP contribution in [0, 0.1) is 0 Å². The first-order valence-corrected chi connectivity index (χ1v) is 2.81. The molecular weight excluding hydrogens is 119 g/mol. The second-order valence-electron chi connectivity index (χ2n) is 1.78. The van der Waals surface area contributed by atoms with Crippen molar-refractivity contribution in [1.82, 2.24) is 10.6 Å². The van der Waals surface area contributed by atoms with Crippen LogP contribution in [0.1, 0.15) is 0 Å². The van der Waals surface area contributed by atoms with Crippen molar-refractivity contribution in [3.63, 3.8) is 0 Å². The Kier molecular flexibility index (Phi) is 1.72. The van der Waals surface area contributed by atoms with Gasteiger partial charge >= 0.3 is 0 Å². The zero-order chi connectivity index (χ0) is 6.69. The minimum Gasteiger partial charge on any atom is -0.386 e. The van der Waals surface area contributed by atoms with Gasteiger partial charge in [-0.25, -0.2) is 4.39 Å². The second-order valence-corrected chi connectivity index (χ2v) is 1.78. The number of nitrogens with one attached hydrogen (secondary N) is 2. The van der Waals surface area contributed by atoms with Gasteiger partial charge in [0.25, 0.3) is 0 Å². The van der Waals surface area contributed by atoms with Crippen LogP contribution in [0.2, 0.25) is 0 Å². The molecule has 0 radical (unpaired) electrons. The molecule has 9 heavy (non-hydrogen) atoms. The molecule has 0 aliphatic carbocycles. The molecule has 1 rings (SSSR count). The molecule has 0 unspecified atom stereocenters. The molecule has 1 heterocycles. The van der Waals surface area contributed by atoms with Gasteiger partial charge in [-0.1, -0.05) is 0 Å². The van der Waals surface area contributed by atoms with Gasteiger partial charge in [0, 0.05) is 7.05 Å². The first kappa shape index (κ1) is 6.13. The van der Waals surface area contributed by atoms with Gasteiger partial charge in [0.2, 0.25) is 0 Å². The van der Waals surface area contributed by atoms with E-state index >= 15 is 0 Å². The number of hydrogen-bond donors (Lipinski definition) is 2. The van der Waals surface area contributed by atoms with E-state index in [4.69, 9.17) is 0 Å². The van der Waals surface area contributed by atoms with E-state index < -0.39 is 0 Å². The van der Waals surface area contributed by atoms with Gasteiger partial charge in [-0.05, 0) is 12.3 Å². The summed E-state index contributed by atoms with van der Waals surface area (Å²) in [7, 11) is 1.70. The highest BCUT2D eigenvalue weighted by Crippen LogP contribution is 2.05. The summed E-state index contributed by atoms with van der Waals surface area (Å²) >= 11 is 0. The SMILES string of the molecule is CNC1=C(F)CNC=C1. The van der Waals surface area contributed by atoms with Gasteiger partial charge < -0.3 is 10.6 Å². The smallest absolute Gasteiger partial charge is 0.142 e. The lowest BCUT2D eigenvalue weighted by molar-refractivity contribution is 0.574. The molecule has 0 atom stereocenters. The largest absolute Gasteiger partial charge is 0.386 e. The number of allylic oxidation sites excluding steroid dienone is 1. The average Bonchev–Trinajstić information content (AvgIpc) is 1.89. The first-order chi connectivity index (χ1) is 4.34. The average molecular weight is 128 g/mol. The van der Waals surface area contributed by atoms with Crippen LogP contribution in [0.5, 0.6) is 0 Å². The molecule has 50 valence electrons. The van der Waals surface area contributed by atoms with Crippen molar-refractivity contribution in [2.45, 2.75) is 0 Å². The molecule has 0 spiro atoms. The number of halogens is 1. The van der Waals surface area contributed by atoms with Crippen molar-refractivity contribution in [3.8, 4) is 0 Å². The Labute approximate surface area is 53.4 Å². The lowest BCUT2D eigenvalue weighted by atomic mass is 10.3. The highest BCUT2D eigenvalue weighted by Gasteiger charge is 2.03. The molecule has 0 fully saturated rings. The third-order valence-electron chi connectivity index (χ3n) is 1.19. The minimum atomic E-state index is -0.139. The molecule has 0 saturated carbocycles. The predicted octanol–water partition coefficient (Wildman–Crippen LogP) is 0.504. The van der Waals surface area contributed by atoms with Crippen LogP contribution in [-0.4, -0.2) is 13.6 Å². The maximum atomic E-state index is 12.6. The van der Waals surface area contributed by atoms with Crippen LogP contribution in [0.25, 0.3) is 0 Å². The summed E-state index contributed by atoms with van der Waals surface area (Å²) in [6.45, 7) is 0.298. The second kappa shape index (κ2) is 2.53. The maximum absolute atomic E-state index is 12.6. The summed E-state index contributed by atoms with van der Waals surface area (Å²) in [5.41, 5.74) is 0.564. The van der Waals surface area contributed by atoms with Crippen molar-refractivity contribution in [2.24, 2.45) is 0 Å². The molecule has 1 aliphatic rings. The fourth-order valence-electron chi connectivity index (χ4n) is 0.695. The highest BCUT2D eigenvalue weighted by atomic mass is 19.1. The van der Waals surface area contributed by atoms with Crippen molar-refractivity contribution in [1.29, 1.82) is 0 Å². The lowest BCUT2D eigenvalue weighted by Gasteiger charge is -2.09. The molecule has 0 amide bonds. The van der Waals surface area contributed by atoms with Crippen LogP contribution in [0.15, 0.2) is 23.8 Å². The van der Waals surface area contributed by atoms with E-state index in [0.717, 1.165) is 0 Å². The van der Waals surface area contributed by atoms with Gasteiger partial charge in [-0.3, -0.25) is 0 Å². The lowest BCUT2D eigenvalue weighted by Crippen LogP contribution is -2.18. The molecule has 3 heteroatoms. The fourth-order valence-corrected chi connectivity index (χ4v) is 0.695. The first-order valence-electron chi connectivity index (χ1n) is 2.81. The zero-order valence-corrected chi connectivity index (χ0v) is 5.24. The predicted molar refractivity (Wildman–Crippen MR) is 34.3 cm³/mol. The van der Waals surface area contributed by atoms with E-state index in [9.17, 15) is 4.39 Å². The molecule has 0 bridgehead atoms. The van der Waals surface area contributed by atoms with E-state index in [1.165, 1.54) is 0 Å². The van der Waals surface area contributed by atoms with E-state index in [1.807, 2.05) is 0 Å². The Hall–Kier alpha value is -0.990. The van der Waals surface area contributed by atoms with Crippen LogP contribution >= 0.6 is 0 Å². The molecule has 0 saturated heterocycles. The molecule has 0 aromatic heterocycles. The summed E-state index contributed by atoms with van der Waals surface area (Å²) in [6.07, 6.45) is 3.38. The normalized spacial score (nSPS) is 17.6. The van der Waals surface area contributed by atoms with E-state index in [-0.39, 0.29) is 5.83 Å². The Morgan fingerprint density at radius 3 is 3.00 bits per heavy atom. The van der Waals surface area contributed by atoms with Crippen molar-refractivity contribution in [3.05, 3.63) is 23.8 Å². The van der Waals surface area contributed by atoms with Crippen LogP contribution in [-0.2, 0) is 0 Å². The van der Waals surface area contributed by atoms with Gasteiger partial charge in [0.15, 0.2) is 0 Å². The van der Waals surface area contributed by atoms with Crippen molar-refractivity contribution < 1.29 is 4.39 Å². The number of likely N-dealkylation sites (N-methyl/N-ethyl adjacent to an activating group) is 1. The Balaban J connectivity index is 2.72. The fraction of sp³-hybridized carbons (Fsp3) is 0.333. The number of dihydropyridines is 1. The molecule has 0 aromatic carbocycles. The van der Waals surface area contributed by atoms with Gasteiger partial charge in [-0.2, -0.15) is 0 Å². The van der Waals surface area contributed by atoms with Crippen LogP contribution in [0.4, 0.5) is 4.39 Å². The molecular formula is C6H9FN2. The summed E-state index contributed by atoms with van der Waals surface area (Å²) in [6, 6.07) is 0. The molecule has 2 nitrogen and oxygen atoms in total. The van der Waals surface area contributed by atoms with Crippen molar-refractivity contribution in [2.75, 3.05) is 13.6 Å². The molecule has 0 aromatic rings.